The highest BCUT2D eigenvalue weighted by Gasteiger charge is 2.19. The zero-order valence-corrected chi connectivity index (χ0v) is 14.9. The second kappa shape index (κ2) is 6.28. The van der Waals surface area contributed by atoms with Gasteiger partial charge >= 0.3 is 5.97 Å². The molecule has 0 saturated carbocycles. The van der Waals surface area contributed by atoms with Gasteiger partial charge in [-0.1, -0.05) is 39.0 Å². The minimum Gasteiger partial charge on any atom is -0.478 e. The zero-order valence-electron chi connectivity index (χ0n) is 14.1. The summed E-state index contributed by atoms with van der Waals surface area (Å²) in [7, 11) is -3.85. The number of rotatable bonds is 4. The van der Waals surface area contributed by atoms with Crippen LogP contribution >= 0.6 is 0 Å². The van der Waals surface area contributed by atoms with Crippen LogP contribution < -0.4 is 4.72 Å². The highest BCUT2D eigenvalue weighted by atomic mass is 32.2. The molecule has 2 aromatic carbocycles. The summed E-state index contributed by atoms with van der Waals surface area (Å²) in [5, 5.41) is 9.14. The van der Waals surface area contributed by atoms with E-state index in [0.717, 1.165) is 5.56 Å². The first-order chi connectivity index (χ1) is 11.0. The molecule has 0 amide bonds. The van der Waals surface area contributed by atoms with Crippen LogP contribution in [0.15, 0.2) is 47.4 Å². The number of nitrogens with one attached hydrogen (secondary N) is 1. The molecule has 2 rings (SSSR count). The Hall–Kier alpha value is -2.34. The second-order valence-corrected chi connectivity index (χ2v) is 8.40. The number of carboxylic acid groups (broad SMARTS) is 1. The Bertz CT molecular complexity index is 863. The molecule has 0 fully saturated rings. The Morgan fingerprint density at radius 2 is 1.62 bits per heavy atom. The molecule has 0 aliphatic heterocycles. The van der Waals surface area contributed by atoms with Crippen LogP contribution in [0.3, 0.4) is 0 Å². The Kier molecular flexibility index (Phi) is 4.71. The maximum atomic E-state index is 12.5. The number of sulfonamides is 1. The van der Waals surface area contributed by atoms with Crippen LogP contribution in [0.4, 0.5) is 5.69 Å². The van der Waals surface area contributed by atoms with E-state index in [2.05, 4.69) is 25.5 Å². The van der Waals surface area contributed by atoms with E-state index in [1.165, 1.54) is 18.2 Å². The van der Waals surface area contributed by atoms with E-state index in [0.29, 0.717) is 11.3 Å². The lowest BCUT2D eigenvalue weighted by Crippen LogP contribution is -2.15. The van der Waals surface area contributed by atoms with E-state index in [1.54, 1.807) is 19.1 Å². The second-order valence-electron chi connectivity index (χ2n) is 6.71. The van der Waals surface area contributed by atoms with Crippen LogP contribution in [-0.2, 0) is 15.4 Å². The molecule has 0 bridgehead atoms. The number of benzene rings is 2. The summed E-state index contributed by atoms with van der Waals surface area (Å²) in [6, 6.07) is 11.2. The SMILES string of the molecule is Cc1ccc(S(=O)(=O)Nc2ccc(C(C)(C)C)cc2)cc1C(=O)O. The van der Waals surface area contributed by atoms with Crippen molar-refractivity contribution in [1.29, 1.82) is 0 Å². The third kappa shape index (κ3) is 3.94. The van der Waals surface area contributed by atoms with Gasteiger partial charge in [0, 0.05) is 5.69 Å². The van der Waals surface area contributed by atoms with Gasteiger partial charge in [-0.25, -0.2) is 13.2 Å². The van der Waals surface area contributed by atoms with E-state index < -0.39 is 16.0 Å². The van der Waals surface area contributed by atoms with Crippen LogP contribution in [0.1, 0.15) is 42.3 Å². The highest BCUT2D eigenvalue weighted by molar-refractivity contribution is 7.92. The Morgan fingerprint density at radius 3 is 2.12 bits per heavy atom. The van der Waals surface area contributed by atoms with Crippen LogP contribution in [0.5, 0.6) is 0 Å². The monoisotopic (exact) mass is 347 g/mol. The largest absolute Gasteiger partial charge is 0.478 e. The molecule has 0 aromatic heterocycles. The molecule has 0 aliphatic rings. The topological polar surface area (TPSA) is 83.5 Å². The van der Waals surface area contributed by atoms with Gasteiger partial charge in [0.1, 0.15) is 0 Å². The number of hydrogen-bond donors (Lipinski definition) is 2. The molecule has 24 heavy (non-hydrogen) atoms. The maximum Gasteiger partial charge on any atom is 0.335 e. The van der Waals surface area contributed by atoms with Crippen molar-refractivity contribution in [3.63, 3.8) is 0 Å². The summed E-state index contributed by atoms with van der Waals surface area (Å²) in [6.07, 6.45) is 0. The van der Waals surface area contributed by atoms with Gasteiger partial charge in [-0.2, -0.15) is 0 Å². The van der Waals surface area contributed by atoms with Gasteiger partial charge in [0.25, 0.3) is 10.0 Å². The zero-order chi connectivity index (χ0) is 18.1. The molecule has 2 aromatic rings. The standard InChI is InChI=1S/C18H21NO4S/c1-12-5-10-15(11-16(12)17(20)21)24(22,23)19-14-8-6-13(7-9-14)18(2,3)4/h5-11,19H,1-4H3,(H,20,21). The van der Waals surface area contributed by atoms with Crippen LogP contribution in [-0.4, -0.2) is 19.5 Å². The summed E-state index contributed by atoms with van der Waals surface area (Å²) in [5.41, 5.74) is 1.98. The van der Waals surface area contributed by atoms with Gasteiger partial charge in [0.15, 0.2) is 0 Å². The van der Waals surface area contributed by atoms with E-state index in [4.69, 9.17) is 5.11 Å². The first-order valence-corrected chi connectivity index (χ1v) is 8.96. The fraction of sp³-hybridized carbons (Fsp3) is 0.278. The molecule has 0 heterocycles. The Labute approximate surface area is 142 Å². The fourth-order valence-corrected chi connectivity index (χ4v) is 3.34. The van der Waals surface area contributed by atoms with Gasteiger partial charge in [0.05, 0.1) is 10.5 Å². The molecular weight excluding hydrogens is 326 g/mol. The average Bonchev–Trinajstić information content (AvgIpc) is 2.46. The van der Waals surface area contributed by atoms with E-state index in [-0.39, 0.29) is 15.9 Å². The van der Waals surface area contributed by atoms with Crippen molar-refractivity contribution < 1.29 is 18.3 Å². The quantitative estimate of drug-likeness (QED) is 0.881. The Morgan fingerprint density at radius 1 is 1.04 bits per heavy atom. The van der Waals surface area contributed by atoms with Crippen molar-refractivity contribution in [2.45, 2.75) is 38.0 Å². The van der Waals surface area contributed by atoms with Gasteiger partial charge in [-0.3, -0.25) is 4.72 Å². The van der Waals surface area contributed by atoms with Crippen molar-refractivity contribution in [3.8, 4) is 0 Å². The third-order valence-electron chi connectivity index (χ3n) is 3.75. The van der Waals surface area contributed by atoms with Gasteiger partial charge in [0.2, 0.25) is 0 Å². The third-order valence-corrected chi connectivity index (χ3v) is 5.13. The van der Waals surface area contributed by atoms with Gasteiger partial charge < -0.3 is 5.11 Å². The van der Waals surface area contributed by atoms with E-state index in [9.17, 15) is 13.2 Å². The summed E-state index contributed by atoms with van der Waals surface area (Å²) in [4.78, 5) is 11.1. The molecule has 0 atom stereocenters. The van der Waals surface area contributed by atoms with Crippen molar-refractivity contribution in [1.82, 2.24) is 0 Å². The number of hydrogen-bond acceptors (Lipinski definition) is 3. The molecule has 0 aliphatic carbocycles. The lowest BCUT2D eigenvalue weighted by molar-refractivity contribution is 0.0696. The van der Waals surface area contributed by atoms with Crippen molar-refractivity contribution in [2.75, 3.05) is 4.72 Å². The van der Waals surface area contributed by atoms with E-state index >= 15 is 0 Å². The minimum absolute atomic E-state index is 0.0231. The summed E-state index contributed by atoms with van der Waals surface area (Å²) < 4.78 is 27.4. The van der Waals surface area contributed by atoms with Crippen molar-refractivity contribution in [3.05, 3.63) is 59.2 Å². The van der Waals surface area contributed by atoms with Crippen LogP contribution in [0.25, 0.3) is 0 Å². The number of aromatic carboxylic acids is 1. The first kappa shape index (κ1) is 18.0. The molecule has 5 nitrogen and oxygen atoms in total. The van der Waals surface area contributed by atoms with Gasteiger partial charge in [-0.15, -0.1) is 0 Å². The average molecular weight is 347 g/mol. The summed E-state index contributed by atoms with van der Waals surface area (Å²) in [5.74, 6) is -1.15. The van der Waals surface area contributed by atoms with Crippen molar-refractivity contribution in [2.24, 2.45) is 0 Å². The number of carboxylic acids is 1. The predicted octanol–water partition coefficient (Wildman–Crippen LogP) is 3.79. The smallest absolute Gasteiger partial charge is 0.335 e. The first-order valence-electron chi connectivity index (χ1n) is 7.48. The molecular formula is C18H21NO4S. The molecule has 128 valence electrons. The Balaban J connectivity index is 2.32. The van der Waals surface area contributed by atoms with E-state index in [1.807, 2.05) is 12.1 Å². The molecule has 6 heteroatoms. The van der Waals surface area contributed by atoms with Crippen molar-refractivity contribution >= 4 is 21.7 Å². The van der Waals surface area contributed by atoms with Crippen LogP contribution in [0.2, 0.25) is 0 Å². The van der Waals surface area contributed by atoms with Gasteiger partial charge in [-0.05, 0) is 47.7 Å². The molecule has 2 N–H and O–H groups in total. The maximum absolute atomic E-state index is 12.5. The predicted molar refractivity (Wildman–Crippen MR) is 94.1 cm³/mol. The molecule has 0 unspecified atom stereocenters. The van der Waals surface area contributed by atoms with Crippen LogP contribution in [0, 0.1) is 6.92 Å². The lowest BCUT2D eigenvalue weighted by Gasteiger charge is -2.19. The highest BCUT2D eigenvalue weighted by Crippen LogP contribution is 2.25. The molecule has 0 radical (unpaired) electrons. The summed E-state index contributed by atoms with van der Waals surface area (Å²) in [6.45, 7) is 7.85. The normalized spacial score (nSPS) is 12.0. The summed E-state index contributed by atoms with van der Waals surface area (Å²) >= 11 is 0. The number of aryl methyl sites for hydroxylation is 1. The fourth-order valence-electron chi connectivity index (χ4n) is 2.25. The molecule has 0 saturated heterocycles. The lowest BCUT2D eigenvalue weighted by atomic mass is 9.87. The minimum atomic E-state index is -3.85. The number of carbonyl (C=O) groups is 1. The number of anilines is 1. The molecule has 0 spiro atoms.